The molecule has 0 heterocycles. The number of nitrogens with one attached hydrogen (secondary N) is 1. The lowest BCUT2D eigenvalue weighted by Gasteiger charge is -2.17. The highest BCUT2D eigenvalue weighted by molar-refractivity contribution is 5.95. The van der Waals surface area contributed by atoms with Gasteiger partial charge in [-0.25, -0.2) is 0 Å². The minimum absolute atomic E-state index is 0.0770. The van der Waals surface area contributed by atoms with Crippen LogP contribution in [0.2, 0.25) is 0 Å². The SMILES string of the molecule is COc1cc(C(C)=O)ccc1O[C@@H](C)C(=O)Nc1ccc(OCc2ccccc2)cc1. The molecule has 160 valence electrons. The summed E-state index contributed by atoms with van der Waals surface area (Å²) < 4.78 is 16.8. The van der Waals surface area contributed by atoms with E-state index in [0.717, 1.165) is 5.56 Å². The second kappa shape index (κ2) is 10.3. The van der Waals surface area contributed by atoms with E-state index in [0.29, 0.717) is 35.1 Å². The van der Waals surface area contributed by atoms with Crippen LogP contribution < -0.4 is 19.5 Å². The third-order valence-electron chi connectivity index (χ3n) is 4.61. The highest BCUT2D eigenvalue weighted by Gasteiger charge is 2.18. The third kappa shape index (κ3) is 6.09. The summed E-state index contributed by atoms with van der Waals surface area (Å²) in [6.07, 6.45) is -0.772. The average Bonchev–Trinajstić information content (AvgIpc) is 2.79. The fourth-order valence-electron chi connectivity index (χ4n) is 2.85. The monoisotopic (exact) mass is 419 g/mol. The van der Waals surface area contributed by atoms with Crippen molar-refractivity contribution in [3.63, 3.8) is 0 Å². The van der Waals surface area contributed by atoms with Crippen LogP contribution in [-0.2, 0) is 11.4 Å². The van der Waals surface area contributed by atoms with E-state index in [4.69, 9.17) is 14.2 Å². The molecule has 6 heteroatoms. The third-order valence-corrected chi connectivity index (χ3v) is 4.61. The van der Waals surface area contributed by atoms with Gasteiger partial charge in [0.15, 0.2) is 23.4 Å². The number of benzene rings is 3. The molecule has 1 N–H and O–H groups in total. The molecule has 1 amide bonds. The van der Waals surface area contributed by atoms with E-state index in [2.05, 4.69) is 5.32 Å². The molecule has 0 fully saturated rings. The topological polar surface area (TPSA) is 73.9 Å². The fraction of sp³-hybridized carbons (Fsp3) is 0.200. The zero-order valence-corrected chi connectivity index (χ0v) is 17.8. The maximum atomic E-state index is 12.5. The Kier molecular flexibility index (Phi) is 7.27. The molecular formula is C25H25NO5. The van der Waals surface area contributed by atoms with E-state index in [-0.39, 0.29) is 11.7 Å². The van der Waals surface area contributed by atoms with Gasteiger partial charge >= 0.3 is 0 Å². The first-order valence-corrected chi connectivity index (χ1v) is 9.89. The van der Waals surface area contributed by atoms with E-state index in [9.17, 15) is 9.59 Å². The van der Waals surface area contributed by atoms with E-state index >= 15 is 0 Å². The summed E-state index contributed by atoms with van der Waals surface area (Å²) in [5.41, 5.74) is 2.22. The Balaban J connectivity index is 1.56. The summed E-state index contributed by atoms with van der Waals surface area (Å²) in [5, 5.41) is 2.82. The molecule has 0 radical (unpaired) electrons. The second-order valence-corrected chi connectivity index (χ2v) is 6.97. The second-order valence-electron chi connectivity index (χ2n) is 6.97. The molecule has 0 spiro atoms. The largest absolute Gasteiger partial charge is 0.493 e. The van der Waals surface area contributed by atoms with Crippen molar-refractivity contribution in [1.29, 1.82) is 0 Å². The number of carbonyl (C=O) groups excluding carboxylic acids is 2. The van der Waals surface area contributed by atoms with Crippen molar-refractivity contribution in [2.45, 2.75) is 26.6 Å². The smallest absolute Gasteiger partial charge is 0.265 e. The highest BCUT2D eigenvalue weighted by atomic mass is 16.5. The lowest BCUT2D eigenvalue weighted by atomic mass is 10.1. The van der Waals surface area contributed by atoms with Crippen LogP contribution >= 0.6 is 0 Å². The first-order valence-electron chi connectivity index (χ1n) is 9.89. The molecule has 3 aromatic rings. The predicted molar refractivity (Wildman–Crippen MR) is 119 cm³/mol. The van der Waals surface area contributed by atoms with Gasteiger partial charge in [-0.3, -0.25) is 9.59 Å². The van der Waals surface area contributed by atoms with Crippen LogP contribution in [0.3, 0.4) is 0 Å². The van der Waals surface area contributed by atoms with Crippen LogP contribution in [0.25, 0.3) is 0 Å². The van der Waals surface area contributed by atoms with Crippen LogP contribution in [0, 0.1) is 0 Å². The van der Waals surface area contributed by atoms with Crippen molar-refractivity contribution in [2.24, 2.45) is 0 Å². The van der Waals surface area contributed by atoms with Crippen LogP contribution in [-0.4, -0.2) is 24.9 Å². The van der Waals surface area contributed by atoms with Gasteiger partial charge in [0.25, 0.3) is 5.91 Å². The van der Waals surface area contributed by atoms with Gasteiger partial charge in [-0.1, -0.05) is 30.3 Å². The summed E-state index contributed by atoms with van der Waals surface area (Å²) in [6, 6.07) is 21.9. The number of ether oxygens (including phenoxy) is 3. The number of ketones is 1. The number of rotatable bonds is 9. The molecule has 0 aliphatic heterocycles. The number of amides is 1. The van der Waals surface area contributed by atoms with E-state index in [1.807, 2.05) is 30.3 Å². The van der Waals surface area contributed by atoms with E-state index in [1.165, 1.54) is 14.0 Å². The first-order chi connectivity index (χ1) is 15.0. The highest BCUT2D eigenvalue weighted by Crippen LogP contribution is 2.29. The normalized spacial score (nSPS) is 11.3. The van der Waals surface area contributed by atoms with Crippen molar-refractivity contribution >= 4 is 17.4 Å². The molecule has 0 saturated heterocycles. The number of anilines is 1. The number of hydrogen-bond donors (Lipinski definition) is 1. The molecular weight excluding hydrogens is 394 g/mol. The van der Waals surface area contributed by atoms with Gasteiger partial charge in [0.05, 0.1) is 7.11 Å². The van der Waals surface area contributed by atoms with Gasteiger partial charge in [0, 0.05) is 11.3 Å². The van der Waals surface area contributed by atoms with Gasteiger partial charge in [0.1, 0.15) is 12.4 Å². The average molecular weight is 419 g/mol. The minimum Gasteiger partial charge on any atom is -0.493 e. The van der Waals surface area contributed by atoms with Crippen LogP contribution in [0.5, 0.6) is 17.2 Å². The van der Waals surface area contributed by atoms with Crippen molar-refractivity contribution in [3.05, 3.63) is 83.9 Å². The molecule has 1 atom stereocenters. The van der Waals surface area contributed by atoms with Crippen LogP contribution in [0.4, 0.5) is 5.69 Å². The number of Topliss-reactive ketones (excluding diaryl/α,β-unsaturated/α-hetero) is 1. The predicted octanol–water partition coefficient (Wildman–Crippen LogP) is 4.88. The van der Waals surface area contributed by atoms with Crippen molar-refractivity contribution < 1.29 is 23.8 Å². The molecule has 0 bridgehead atoms. The van der Waals surface area contributed by atoms with Gasteiger partial charge in [0.2, 0.25) is 0 Å². The Morgan fingerprint density at radius 3 is 2.29 bits per heavy atom. The Bertz CT molecular complexity index is 1030. The molecule has 0 saturated carbocycles. The zero-order chi connectivity index (χ0) is 22.2. The lowest BCUT2D eigenvalue weighted by molar-refractivity contribution is -0.122. The fourth-order valence-corrected chi connectivity index (χ4v) is 2.85. The summed E-state index contributed by atoms with van der Waals surface area (Å²) >= 11 is 0. The lowest BCUT2D eigenvalue weighted by Crippen LogP contribution is -2.30. The summed E-state index contributed by atoms with van der Waals surface area (Å²) in [5.74, 6) is 1.11. The summed E-state index contributed by atoms with van der Waals surface area (Å²) in [4.78, 5) is 24.1. The van der Waals surface area contributed by atoms with E-state index in [1.54, 1.807) is 49.4 Å². The van der Waals surface area contributed by atoms with Crippen molar-refractivity contribution in [2.75, 3.05) is 12.4 Å². The minimum atomic E-state index is -0.772. The Morgan fingerprint density at radius 1 is 0.935 bits per heavy atom. The van der Waals surface area contributed by atoms with Gasteiger partial charge < -0.3 is 19.5 Å². The van der Waals surface area contributed by atoms with E-state index < -0.39 is 6.10 Å². The zero-order valence-electron chi connectivity index (χ0n) is 17.8. The molecule has 0 aliphatic rings. The Labute approximate surface area is 181 Å². The van der Waals surface area contributed by atoms with Crippen LogP contribution in [0.15, 0.2) is 72.8 Å². The summed E-state index contributed by atoms with van der Waals surface area (Å²) in [7, 11) is 1.48. The molecule has 31 heavy (non-hydrogen) atoms. The molecule has 0 aliphatic carbocycles. The maximum Gasteiger partial charge on any atom is 0.265 e. The van der Waals surface area contributed by atoms with Gasteiger partial charge in [-0.05, 0) is 61.9 Å². The Hall–Kier alpha value is -3.80. The quantitative estimate of drug-likeness (QED) is 0.500. The van der Waals surface area contributed by atoms with Gasteiger partial charge in [-0.15, -0.1) is 0 Å². The first kappa shape index (κ1) is 21.9. The molecule has 6 nitrogen and oxygen atoms in total. The Morgan fingerprint density at radius 2 is 1.65 bits per heavy atom. The molecule has 3 rings (SSSR count). The number of carbonyl (C=O) groups is 2. The molecule has 3 aromatic carbocycles. The van der Waals surface area contributed by atoms with Gasteiger partial charge in [-0.2, -0.15) is 0 Å². The number of methoxy groups -OCH3 is 1. The standard InChI is InChI=1S/C25H25NO5/c1-17(27)20-9-14-23(24(15-20)29-3)31-18(2)25(28)26-21-10-12-22(13-11-21)30-16-19-7-5-4-6-8-19/h4-15,18H,16H2,1-3H3,(H,26,28)/t18-/m0/s1. The van der Waals surface area contributed by atoms with Crippen molar-refractivity contribution in [1.82, 2.24) is 0 Å². The maximum absolute atomic E-state index is 12.5. The molecule has 0 unspecified atom stereocenters. The molecule has 0 aromatic heterocycles. The number of hydrogen-bond acceptors (Lipinski definition) is 5. The summed E-state index contributed by atoms with van der Waals surface area (Å²) in [6.45, 7) is 3.59. The van der Waals surface area contributed by atoms with Crippen LogP contribution in [0.1, 0.15) is 29.8 Å². The van der Waals surface area contributed by atoms with Crippen molar-refractivity contribution in [3.8, 4) is 17.2 Å².